The summed E-state index contributed by atoms with van der Waals surface area (Å²) in [5, 5.41) is 2.51. The van der Waals surface area contributed by atoms with Crippen LogP contribution in [0.15, 0.2) is 24.3 Å². The number of hydrogen-bond acceptors (Lipinski definition) is 2. The number of nitrogens with one attached hydrogen (secondary N) is 1. The molecular formula is C12H16ClF3N2O. The van der Waals surface area contributed by atoms with Crippen LogP contribution >= 0.6 is 12.4 Å². The van der Waals surface area contributed by atoms with Crippen molar-refractivity contribution in [1.82, 2.24) is 0 Å². The van der Waals surface area contributed by atoms with Crippen molar-refractivity contribution in [2.75, 3.05) is 5.32 Å². The molecule has 0 spiro atoms. The third-order valence-electron chi connectivity index (χ3n) is 2.37. The number of amides is 1. The second kappa shape index (κ2) is 7.35. The third-order valence-corrected chi connectivity index (χ3v) is 2.37. The molecule has 7 heteroatoms. The van der Waals surface area contributed by atoms with Crippen LogP contribution < -0.4 is 11.1 Å². The molecule has 1 amide bonds. The highest BCUT2D eigenvalue weighted by molar-refractivity contribution is 5.95. The molecule has 0 heterocycles. The Labute approximate surface area is 115 Å². The van der Waals surface area contributed by atoms with E-state index in [1.165, 1.54) is 6.92 Å². The Morgan fingerprint density at radius 2 is 1.95 bits per heavy atom. The zero-order chi connectivity index (χ0) is 13.8. The van der Waals surface area contributed by atoms with Crippen molar-refractivity contribution >= 4 is 24.0 Å². The lowest BCUT2D eigenvalue weighted by molar-refractivity contribution is -0.133. The Morgan fingerprint density at radius 1 is 1.37 bits per heavy atom. The maximum absolute atomic E-state index is 12.2. The summed E-state index contributed by atoms with van der Waals surface area (Å²) in [6, 6.07) is 5.69. The van der Waals surface area contributed by atoms with Gasteiger partial charge in [0.2, 0.25) is 5.91 Å². The van der Waals surface area contributed by atoms with E-state index in [1.54, 1.807) is 24.3 Å². The molecule has 0 saturated heterocycles. The molecule has 0 unspecified atom stereocenters. The lowest BCUT2D eigenvalue weighted by Gasteiger charge is -2.13. The van der Waals surface area contributed by atoms with Crippen LogP contribution in [0.4, 0.5) is 18.9 Å². The van der Waals surface area contributed by atoms with E-state index >= 15 is 0 Å². The SMILES string of the molecule is C[C@H](N)C(=O)Nc1ccccc1CCC(F)(F)F.Cl. The Bertz CT molecular complexity index is 422. The van der Waals surface area contributed by atoms with Crippen molar-refractivity contribution in [3.63, 3.8) is 0 Å². The Kier molecular flexibility index (Phi) is 6.86. The van der Waals surface area contributed by atoms with Crippen LogP contribution in [0.25, 0.3) is 0 Å². The first kappa shape index (κ1) is 17.7. The van der Waals surface area contributed by atoms with Crippen LogP contribution in [-0.2, 0) is 11.2 Å². The normalized spacial score (nSPS) is 12.5. The Hall–Kier alpha value is -1.27. The first-order valence-corrected chi connectivity index (χ1v) is 5.50. The van der Waals surface area contributed by atoms with Gasteiger partial charge < -0.3 is 11.1 Å². The van der Waals surface area contributed by atoms with Gasteiger partial charge in [-0.3, -0.25) is 4.79 Å². The molecule has 0 aliphatic rings. The van der Waals surface area contributed by atoms with Gasteiger partial charge in [0.1, 0.15) is 0 Å². The smallest absolute Gasteiger partial charge is 0.324 e. The van der Waals surface area contributed by atoms with Crippen LogP contribution in [0.5, 0.6) is 0 Å². The summed E-state index contributed by atoms with van der Waals surface area (Å²) < 4.78 is 36.5. The molecule has 1 atom stereocenters. The van der Waals surface area contributed by atoms with Crippen molar-refractivity contribution in [3.05, 3.63) is 29.8 Å². The molecule has 0 radical (unpaired) electrons. The summed E-state index contributed by atoms with van der Waals surface area (Å²) in [5.74, 6) is -0.422. The second-order valence-electron chi connectivity index (χ2n) is 4.05. The summed E-state index contributed by atoms with van der Waals surface area (Å²) in [4.78, 5) is 11.4. The average molecular weight is 297 g/mol. The van der Waals surface area contributed by atoms with Gasteiger partial charge in [0.05, 0.1) is 6.04 Å². The van der Waals surface area contributed by atoms with Gasteiger partial charge in [0.15, 0.2) is 0 Å². The molecule has 0 bridgehead atoms. The summed E-state index contributed by atoms with van der Waals surface area (Å²) in [6.07, 6.45) is -5.30. The summed E-state index contributed by atoms with van der Waals surface area (Å²) in [5.41, 5.74) is 6.21. The number of aryl methyl sites for hydroxylation is 1. The third kappa shape index (κ3) is 6.45. The van der Waals surface area contributed by atoms with Crippen molar-refractivity contribution in [2.24, 2.45) is 5.73 Å². The monoisotopic (exact) mass is 296 g/mol. The molecule has 0 aromatic heterocycles. The lowest BCUT2D eigenvalue weighted by Crippen LogP contribution is -2.32. The number of alkyl halides is 3. The van der Waals surface area contributed by atoms with E-state index < -0.39 is 24.5 Å². The fourth-order valence-electron chi connectivity index (χ4n) is 1.38. The highest BCUT2D eigenvalue weighted by atomic mass is 35.5. The standard InChI is InChI=1S/C12H15F3N2O.ClH/c1-8(16)11(18)17-10-5-3-2-4-9(10)6-7-12(13,14)15;/h2-5,8H,6-7,16H2,1H3,(H,17,18);1H/t8-;/m0./s1. The van der Waals surface area contributed by atoms with E-state index in [0.717, 1.165) is 0 Å². The van der Waals surface area contributed by atoms with E-state index in [0.29, 0.717) is 11.3 Å². The molecule has 1 aromatic rings. The fraction of sp³-hybridized carbons (Fsp3) is 0.417. The zero-order valence-corrected chi connectivity index (χ0v) is 11.1. The molecule has 3 nitrogen and oxygen atoms in total. The number of para-hydroxylation sites is 1. The van der Waals surface area contributed by atoms with Gasteiger partial charge in [-0.1, -0.05) is 18.2 Å². The van der Waals surface area contributed by atoms with Crippen LogP contribution in [0.1, 0.15) is 18.9 Å². The molecule has 0 aliphatic carbocycles. The molecule has 3 N–H and O–H groups in total. The molecule has 19 heavy (non-hydrogen) atoms. The number of nitrogens with two attached hydrogens (primary N) is 1. The molecule has 0 fully saturated rings. The first-order chi connectivity index (χ1) is 8.29. The minimum atomic E-state index is -4.21. The van der Waals surface area contributed by atoms with Gasteiger partial charge in [-0.25, -0.2) is 0 Å². The van der Waals surface area contributed by atoms with Gasteiger partial charge >= 0.3 is 6.18 Å². The topological polar surface area (TPSA) is 55.1 Å². The van der Waals surface area contributed by atoms with Crippen LogP contribution in [0.3, 0.4) is 0 Å². The van der Waals surface area contributed by atoms with Crippen molar-refractivity contribution in [3.8, 4) is 0 Å². The molecule has 108 valence electrons. The number of rotatable bonds is 4. The van der Waals surface area contributed by atoms with E-state index in [9.17, 15) is 18.0 Å². The van der Waals surface area contributed by atoms with Crippen molar-refractivity contribution < 1.29 is 18.0 Å². The fourth-order valence-corrected chi connectivity index (χ4v) is 1.38. The lowest BCUT2D eigenvalue weighted by atomic mass is 10.1. The number of halogens is 4. The molecule has 1 aromatic carbocycles. The number of hydrogen-bond donors (Lipinski definition) is 2. The van der Waals surface area contributed by atoms with E-state index in [-0.39, 0.29) is 18.8 Å². The van der Waals surface area contributed by atoms with Crippen LogP contribution in [-0.4, -0.2) is 18.1 Å². The minimum Gasteiger partial charge on any atom is -0.324 e. The van der Waals surface area contributed by atoms with E-state index in [4.69, 9.17) is 5.73 Å². The number of anilines is 1. The maximum Gasteiger partial charge on any atom is 0.389 e. The molecule has 1 rings (SSSR count). The van der Waals surface area contributed by atoms with Crippen molar-refractivity contribution in [2.45, 2.75) is 32.0 Å². The van der Waals surface area contributed by atoms with Crippen molar-refractivity contribution in [1.29, 1.82) is 0 Å². The highest BCUT2D eigenvalue weighted by Crippen LogP contribution is 2.25. The van der Waals surface area contributed by atoms with E-state index in [2.05, 4.69) is 5.32 Å². The van der Waals surface area contributed by atoms with Gasteiger partial charge in [0.25, 0.3) is 0 Å². The molecule has 0 saturated carbocycles. The van der Waals surface area contributed by atoms with Crippen LogP contribution in [0.2, 0.25) is 0 Å². The number of carbonyl (C=O) groups is 1. The zero-order valence-electron chi connectivity index (χ0n) is 10.3. The number of carbonyl (C=O) groups excluding carboxylic acids is 1. The highest BCUT2D eigenvalue weighted by Gasteiger charge is 2.27. The summed E-state index contributed by atoms with van der Waals surface area (Å²) in [6.45, 7) is 1.51. The van der Waals surface area contributed by atoms with Gasteiger partial charge in [-0.15, -0.1) is 12.4 Å². The van der Waals surface area contributed by atoms with Gasteiger partial charge in [-0.05, 0) is 25.0 Å². The largest absolute Gasteiger partial charge is 0.389 e. The summed E-state index contributed by atoms with van der Waals surface area (Å²) >= 11 is 0. The quantitative estimate of drug-likeness (QED) is 0.897. The average Bonchev–Trinajstić information content (AvgIpc) is 2.26. The minimum absolute atomic E-state index is 0. The molecule has 0 aliphatic heterocycles. The Balaban J connectivity index is 0.00000324. The first-order valence-electron chi connectivity index (χ1n) is 5.50. The second-order valence-corrected chi connectivity index (χ2v) is 4.05. The van der Waals surface area contributed by atoms with Crippen LogP contribution in [0, 0.1) is 0 Å². The number of benzene rings is 1. The Morgan fingerprint density at radius 3 is 2.47 bits per heavy atom. The maximum atomic E-state index is 12.2. The van der Waals surface area contributed by atoms with Gasteiger partial charge in [-0.2, -0.15) is 13.2 Å². The molecular weight excluding hydrogens is 281 g/mol. The summed E-state index contributed by atoms with van der Waals surface area (Å²) in [7, 11) is 0. The van der Waals surface area contributed by atoms with E-state index in [1.807, 2.05) is 0 Å². The van der Waals surface area contributed by atoms with Gasteiger partial charge in [0, 0.05) is 12.1 Å². The predicted molar refractivity (Wildman–Crippen MR) is 70.3 cm³/mol. The predicted octanol–water partition coefficient (Wildman–Crippen LogP) is 2.89.